The fraction of sp³-hybridized carbons (Fsp3) is 0.409. The minimum absolute atomic E-state index is 0.0770. The van der Waals surface area contributed by atoms with Gasteiger partial charge in [0.2, 0.25) is 5.91 Å². The summed E-state index contributed by atoms with van der Waals surface area (Å²) in [4.78, 5) is 12.7. The Morgan fingerprint density at radius 1 is 1.10 bits per heavy atom. The normalized spacial score (nSPS) is 18.0. The van der Waals surface area contributed by atoms with Crippen molar-refractivity contribution >= 4 is 34.8 Å². The summed E-state index contributed by atoms with van der Waals surface area (Å²) in [6, 6.07) is 8.66. The van der Waals surface area contributed by atoms with Crippen molar-refractivity contribution < 1.29 is 23.7 Å². The number of benzene rings is 2. The van der Waals surface area contributed by atoms with E-state index in [0.29, 0.717) is 52.8 Å². The van der Waals surface area contributed by atoms with Gasteiger partial charge in [0.1, 0.15) is 12.4 Å². The van der Waals surface area contributed by atoms with E-state index in [-0.39, 0.29) is 18.4 Å². The molecule has 1 fully saturated rings. The molecule has 0 saturated carbocycles. The fourth-order valence-electron chi connectivity index (χ4n) is 3.45. The number of carbonyl (C=O) groups is 1. The van der Waals surface area contributed by atoms with Gasteiger partial charge in [-0.05, 0) is 48.7 Å². The second-order valence-corrected chi connectivity index (χ2v) is 8.11. The Morgan fingerprint density at radius 2 is 1.97 bits per heavy atom. The molecule has 1 unspecified atom stereocenters. The van der Waals surface area contributed by atoms with Gasteiger partial charge in [-0.15, -0.1) is 0 Å². The Hall–Kier alpha value is -2.15. The predicted molar refractivity (Wildman–Crippen MR) is 115 cm³/mol. The maximum Gasteiger partial charge on any atom is 0.228 e. The van der Waals surface area contributed by atoms with E-state index in [4.69, 9.17) is 42.1 Å². The topological polar surface area (TPSA) is 66.0 Å². The number of nitrogens with one attached hydrogen (secondary N) is 1. The molecule has 0 aromatic heterocycles. The molecular weight excluding hydrogens is 429 g/mol. The SMILES string of the molecule is O=C(Cc1cc(Cl)c2c(c1)OCCCO2)Nc1cc(Cl)ccc1OCC1CCCO1. The number of ether oxygens (including phenoxy) is 4. The number of halogens is 2. The number of hydrogen-bond acceptors (Lipinski definition) is 5. The van der Waals surface area contributed by atoms with Gasteiger partial charge in [-0.3, -0.25) is 4.79 Å². The summed E-state index contributed by atoms with van der Waals surface area (Å²) in [7, 11) is 0. The first-order chi connectivity index (χ1) is 14.6. The third-order valence-corrected chi connectivity index (χ3v) is 5.41. The largest absolute Gasteiger partial charge is 0.489 e. The summed E-state index contributed by atoms with van der Waals surface area (Å²) >= 11 is 12.5. The van der Waals surface area contributed by atoms with Gasteiger partial charge >= 0.3 is 0 Å². The van der Waals surface area contributed by atoms with Gasteiger partial charge in [-0.2, -0.15) is 0 Å². The summed E-state index contributed by atoms with van der Waals surface area (Å²) < 4.78 is 22.8. The first kappa shape index (κ1) is 21.1. The summed E-state index contributed by atoms with van der Waals surface area (Å²) in [5.74, 6) is 1.42. The Balaban J connectivity index is 1.44. The third-order valence-electron chi connectivity index (χ3n) is 4.89. The standard InChI is InChI=1S/C22H23Cl2NO5/c23-15-4-5-19(30-13-16-3-1-6-27-16)18(12-15)25-21(26)11-14-9-17(24)22-20(10-14)28-7-2-8-29-22/h4-5,9-10,12,16H,1-3,6-8,11,13H2,(H,25,26). The van der Waals surface area contributed by atoms with Crippen LogP contribution < -0.4 is 19.5 Å². The summed E-state index contributed by atoms with van der Waals surface area (Å²) in [5, 5.41) is 3.82. The maximum atomic E-state index is 12.7. The van der Waals surface area contributed by atoms with Crippen LogP contribution in [0.25, 0.3) is 0 Å². The van der Waals surface area contributed by atoms with Crippen molar-refractivity contribution in [3.05, 3.63) is 45.9 Å². The predicted octanol–water partition coefficient (Wildman–Crippen LogP) is 4.89. The first-order valence-corrected chi connectivity index (χ1v) is 10.8. The molecular formula is C22H23Cl2NO5. The van der Waals surface area contributed by atoms with Crippen molar-refractivity contribution in [2.45, 2.75) is 31.8 Å². The molecule has 2 aromatic carbocycles. The molecule has 1 atom stereocenters. The molecule has 0 bridgehead atoms. The van der Waals surface area contributed by atoms with Crippen LogP contribution in [-0.2, 0) is 16.0 Å². The van der Waals surface area contributed by atoms with Crippen LogP contribution in [0.5, 0.6) is 17.2 Å². The highest BCUT2D eigenvalue weighted by Crippen LogP contribution is 2.38. The summed E-state index contributed by atoms with van der Waals surface area (Å²) in [6.45, 7) is 2.29. The van der Waals surface area contributed by atoms with E-state index in [1.807, 2.05) is 0 Å². The average Bonchev–Trinajstić information content (AvgIpc) is 3.11. The van der Waals surface area contributed by atoms with Gasteiger partial charge in [-0.1, -0.05) is 23.2 Å². The lowest BCUT2D eigenvalue weighted by Gasteiger charge is -2.16. The van der Waals surface area contributed by atoms with Gasteiger partial charge in [0.25, 0.3) is 0 Å². The van der Waals surface area contributed by atoms with Gasteiger partial charge in [0.05, 0.1) is 36.4 Å². The number of rotatable bonds is 6. The first-order valence-electron chi connectivity index (χ1n) is 10.0. The molecule has 30 heavy (non-hydrogen) atoms. The lowest BCUT2D eigenvalue weighted by atomic mass is 10.1. The highest BCUT2D eigenvalue weighted by molar-refractivity contribution is 6.32. The third kappa shape index (κ3) is 5.31. The van der Waals surface area contributed by atoms with Crippen LogP contribution in [-0.4, -0.2) is 38.4 Å². The quantitative estimate of drug-likeness (QED) is 0.676. The van der Waals surface area contributed by atoms with Crippen LogP contribution in [0.3, 0.4) is 0 Å². The van der Waals surface area contributed by atoms with Gasteiger partial charge in [0, 0.05) is 18.1 Å². The smallest absolute Gasteiger partial charge is 0.228 e. The van der Waals surface area contributed by atoms with E-state index in [2.05, 4.69) is 5.32 Å². The van der Waals surface area contributed by atoms with E-state index in [9.17, 15) is 4.79 Å². The lowest BCUT2D eigenvalue weighted by molar-refractivity contribution is -0.115. The van der Waals surface area contributed by atoms with Gasteiger partial charge < -0.3 is 24.3 Å². The van der Waals surface area contributed by atoms with Gasteiger partial charge in [-0.25, -0.2) is 0 Å². The van der Waals surface area contributed by atoms with E-state index in [1.54, 1.807) is 30.3 Å². The number of hydrogen-bond donors (Lipinski definition) is 1. The summed E-state index contributed by atoms with van der Waals surface area (Å²) in [6.07, 6.45) is 2.99. The molecule has 2 aliphatic heterocycles. The van der Waals surface area contributed by atoms with Crippen LogP contribution in [0.15, 0.2) is 30.3 Å². The highest BCUT2D eigenvalue weighted by atomic mass is 35.5. The number of amides is 1. The molecule has 0 aliphatic carbocycles. The molecule has 0 radical (unpaired) electrons. The van der Waals surface area contributed by atoms with Crippen LogP contribution >= 0.6 is 23.2 Å². The van der Waals surface area contributed by atoms with Crippen molar-refractivity contribution in [2.24, 2.45) is 0 Å². The number of carbonyl (C=O) groups excluding carboxylic acids is 1. The molecule has 0 spiro atoms. The zero-order chi connectivity index (χ0) is 20.9. The van der Waals surface area contributed by atoms with Crippen LogP contribution in [0.4, 0.5) is 5.69 Å². The van der Waals surface area contributed by atoms with Crippen molar-refractivity contribution in [3.8, 4) is 17.2 Å². The Morgan fingerprint density at radius 3 is 2.80 bits per heavy atom. The molecule has 1 saturated heterocycles. The van der Waals surface area contributed by atoms with Crippen LogP contribution in [0.1, 0.15) is 24.8 Å². The van der Waals surface area contributed by atoms with E-state index in [1.165, 1.54) is 0 Å². The van der Waals surface area contributed by atoms with Crippen molar-refractivity contribution in [2.75, 3.05) is 31.7 Å². The Bertz CT molecular complexity index is 915. The molecule has 8 heteroatoms. The van der Waals surface area contributed by atoms with Crippen molar-refractivity contribution in [1.29, 1.82) is 0 Å². The molecule has 160 valence electrons. The second-order valence-electron chi connectivity index (χ2n) is 7.27. The monoisotopic (exact) mass is 451 g/mol. The molecule has 2 heterocycles. The van der Waals surface area contributed by atoms with E-state index in [0.717, 1.165) is 31.4 Å². The minimum atomic E-state index is -0.218. The second kappa shape index (κ2) is 9.77. The van der Waals surface area contributed by atoms with Crippen molar-refractivity contribution in [3.63, 3.8) is 0 Å². The van der Waals surface area contributed by atoms with Crippen molar-refractivity contribution in [1.82, 2.24) is 0 Å². The Kier molecular flexibility index (Phi) is 6.87. The molecule has 1 amide bonds. The van der Waals surface area contributed by atoms with E-state index < -0.39 is 0 Å². The summed E-state index contributed by atoms with van der Waals surface area (Å²) in [5.41, 5.74) is 1.25. The zero-order valence-corrected chi connectivity index (χ0v) is 17.9. The molecule has 1 N–H and O–H groups in total. The minimum Gasteiger partial charge on any atom is -0.489 e. The number of anilines is 1. The van der Waals surface area contributed by atoms with Crippen LogP contribution in [0, 0.1) is 0 Å². The maximum absolute atomic E-state index is 12.7. The van der Waals surface area contributed by atoms with Crippen LogP contribution in [0.2, 0.25) is 10.0 Å². The molecule has 4 rings (SSSR count). The Labute approximate surface area is 185 Å². The highest BCUT2D eigenvalue weighted by Gasteiger charge is 2.19. The number of fused-ring (bicyclic) bond motifs is 1. The molecule has 6 nitrogen and oxygen atoms in total. The van der Waals surface area contributed by atoms with E-state index >= 15 is 0 Å². The lowest BCUT2D eigenvalue weighted by Crippen LogP contribution is -2.19. The zero-order valence-electron chi connectivity index (χ0n) is 16.4. The average molecular weight is 452 g/mol. The fourth-order valence-corrected chi connectivity index (χ4v) is 3.91. The van der Waals surface area contributed by atoms with Gasteiger partial charge in [0.15, 0.2) is 11.5 Å². The molecule has 2 aliphatic rings. The molecule has 2 aromatic rings.